The molecule has 0 radical (unpaired) electrons. The summed E-state index contributed by atoms with van der Waals surface area (Å²) in [6.45, 7) is 5.51. The molecule has 0 aliphatic carbocycles. The van der Waals surface area contributed by atoms with Gasteiger partial charge in [0.25, 0.3) is 5.91 Å². The molecule has 1 aromatic carbocycles. The second-order valence-electron chi connectivity index (χ2n) is 6.33. The summed E-state index contributed by atoms with van der Waals surface area (Å²) in [7, 11) is 0. The van der Waals surface area contributed by atoms with Crippen molar-refractivity contribution in [2.24, 2.45) is 11.7 Å². The number of carbonyl (C=O) groups is 1. The summed E-state index contributed by atoms with van der Waals surface area (Å²) in [5.41, 5.74) is 8.47. The van der Waals surface area contributed by atoms with Gasteiger partial charge in [-0.3, -0.25) is 9.78 Å². The first-order valence-corrected chi connectivity index (χ1v) is 7.97. The molecular formula is C18H23N3O. The van der Waals surface area contributed by atoms with Crippen LogP contribution in [0, 0.1) is 12.8 Å². The average molecular weight is 297 g/mol. The first-order valence-electron chi connectivity index (χ1n) is 7.97. The first kappa shape index (κ1) is 15.0. The Morgan fingerprint density at radius 1 is 1.41 bits per heavy atom. The standard InChI is InChI=1S/C18H23N3O/c1-12(19)15-7-5-9-21(11-15)18(22)16-10-14-6-3-4-8-17(14)20-13(16)2/h3-4,6,8,10,12,15H,5,7,9,11,19H2,1-2H3/t12-,15-/m0/s1. The summed E-state index contributed by atoms with van der Waals surface area (Å²) in [4.78, 5) is 19.4. The van der Waals surface area contributed by atoms with Crippen molar-refractivity contribution >= 4 is 16.8 Å². The van der Waals surface area contributed by atoms with Gasteiger partial charge in [0, 0.05) is 24.5 Å². The van der Waals surface area contributed by atoms with Gasteiger partial charge in [0.05, 0.1) is 16.8 Å². The molecule has 1 aliphatic heterocycles. The van der Waals surface area contributed by atoms with Crippen LogP contribution in [0.1, 0.15) is 35.8 Å². The van der Waals surface area contributed by atoms with E-state index in [2.05, 4.69) is 4.98 Å². The van der Waals surface area contributed by atoms with Gasteiger partial charge in [0.2, 0.25) is 0 Å². The molecule has 0 unspecified atom stereocenters. The zero-order chi connectivity index (χ0) is 15.7. The number of hydrogen-bond acceptors (Lipinski definition) is 3. The highest BCUT2D eigenvalue weighted by atomic mass is 16.2. The number of aryl methyl sites for hydroxylation is 1. The first-order chi connectivity index (χ1) is 10.6. The molecule has 3 rings (SSSR count). The van der Waals surface area contributed by atoms with E-state index in [0.717, 1.165) is 42.5 Å². The SMILES string of the molecule is Cc1nc2ccccc2cc1C(=O)N1CCC[C@H]([C@H](C)N)C1. The molecule has 22 heavy (non-hydrogen) atoms. The Balaban J connectivity index is 1.90. The summed E-state index contributed by atoms with van der Waals surface area (Å²) >= 11 is 0. The van der Waals surface area contributed by atoms with E-state index in [1.807, 2.05) is 49.1 Å². The van der Waals surface area contributed by atoms with Crippen LogP contribution in [-0.4, -0.2) is 34.9 Å². The maximum atomic E-state index is 12.9. The number of benzene rings is 1. The predicted octanol–water partition coefficient (Wildman–Crippen LogP) is 2.74. The number of amides is 1. The summed E-state index contributed by atoms with van der Waals surface area (Å²) < 4.78 is 0. The van der Waals surface area contributed by atoms with E-state index in [9.17, 15) is 4.79 Å². The van der Waals surface area contributed by atoms with Crippen molar-refractivity contribution in [3.8, 4) is 0 Å². The maximum absolute atomic E-state index is 12.9. The highest BCUT2D eigenvalue weighted by Crippen LogP contribution is 2.23. The van der Waals surface area contributed by atoms with E-state index >= 15 is 0 Å². The van der Waals surface area contributed by atoms with Gasteiger partial charge in [-0.1, -0.05) is 18.2 Å². The topological polar surface area (TPSA) is 59.2 Å². The molecule has 0 saturated carbocycles. The molecule has 1 aromatic heterocycles. The Morgan fingerprint density at radius 3 is 2.95 bits per heavy atom. The third kappa shape index (κ3) is 2.83. The highest BCUT2D eigenvalue weighted by Gasteiger charge is 2.27. The van der Waals surface area contributed by atoms with E-state index in [1.165, 1.54) is 0 Å². The number of para-hydroxylation sites is 1. The van der Waals surface area contributed by atoms with Crippen molar-refractivity contribution in [2.75, 3.05) is 13.1 Å². The van der Waals surface area contributed by atoms with Crippen molar-refractivity contribution in [1.29, 1.82) is 0 Å². The largest absolute Gasteiger partial charge is 0.338 e. The number of pyridine rings is 1. The van der Waals surface area contributed by atoms with E-state index in [4.69, 9.17) is 5.73 Å². The van der Waals surface area contributed by atoms with Gasteiger partial charge in [-0.15, -0.1) is 0 Å². The molecule has 4 nitrogen and oxygen atoms in total. The molecule has 2 atom stereocenters. The molecule has 4 heteroatoms. The Morgan fingerprint density at radius 2 is 2.18 bits per heavy atom. The third-order valence-electron chi connectivity index (χ3n) is 4.63. The third-order valence-corrected chi connectivity index (χ3v) is 4.63. The minimum atomic E-state index is 0.0844. The van der Waals surface area contributed by atoms with E-state index in [-0.39, 0.29) is 11.9 Å². The van der Waals surface area contributed by atoms with Gasteiger partial charge in [-0.05, 0) is 44.7 Å². The number of fused-ring (bicyclic) bond motifs is 1. The Bertz CT molecular complexity index is 696. The number of piperidine rings is 1. The minimum Gasteiger partial charge on any atom is -0.338 e. The lowest BCUT2D eigenvalue weighted by Gasteiger charge is -2.34. The Labute approximate surface area is 131 Å². The Hall–Kier alpha value is -1.94. The second-order valence-corrected chi connectivity index (χ2v) is 6.33. The van der Waals surface area contributed by atoms with Crippen LogP contribution in [0.2, 0.25) is 0 Å². The molecule has 1 fully saturated rings. The lowest BCUT2D eigenvalue weighted by Crippen LogP contribution is -2.45. The summed E-state index contributed by atoms with van der Waals surface area (Å²) in [6.07, 6.45) is 2.13. The van der Waals surface area contributed by atoms with Crippen LogP contribution in [0.5, 0.6) is 0 Å². The number of nitrogens with two attached hydrogens (primary N) is 1. The van der Waals surface area contributed by atoms with Crippen molar-refractivity contribution < 1.29 is 4.79 Å². The molecule has 1 aliphatic rings. The minimum absolute atomic E-state index is 0.0844. The molecule has 0 bridgehead atoms. The van der Waals surface area contributed by atoms with Gasteiger partial charge in [-0.25, -0.2) is 0 Å². The summed E-state index contributed by atoms with van der Waals surface area (Å²) in [5.74, 6) is 0.479. The van der Waals surface area contributed by atoms with Crippen LogP contribution in [-0.2, 0) is 0 Å². The van der Waals surface area contributed by atoms with Crippen LogP contribution in [0.4, 0.5) is 0 Å². The van der Waals surface area contributed by atoms with Gasteiger partial charge >= 0.3 is 0 Å². The normalized spacial score (nSPS) is 20.1. The predicted molar refractivity (Wildman–Crippen MR) is 88.8 cm³/mol. The molecule has 0 spiro atoms. The highest BCUT2D eigenvalue weighted by molar-refractivity contribution is 5.98. The fourth-order valence-corrected chi connectivity index (χ4v) is 3.22. The molecular weight excluding hydrogens is 274 g/mol. The summed E-state index contributed by atoms with van der Waals surface area (Å²) in [5, 5.41) is 1.01. The fraction of sp³-hybridized carbons (Fsp3) is 0.444. The fourth-order valence-electron chi connectivity index (χ4n) is 3.22. The summed E-state index contributed by atoms with van der Waals surface area (Å²) in [6, 6.07) is 10.0. The number of nitrogens with zero attached hydrogens (tertiary/aromatic N) is 2. The van der Waals surface area contributed by atoms with Crippen LogP contribution in [0.25, 0.3) is 10.9 Å². The van der Waals surface area contributed by atoms with Crippen molar-refractivity contribution in [3.05, 3.63) is 41.6 Å². The van der Waals surface area contributed by atoms with Gasteiger partial charge in [0.15, 0.2) is 0 Å². The van der Waals surface area contributed by atoms with Gasteiger partial charge in [0.1, 0.15) is 0 Å². The number of likely N-dealkylation sites (tertiary alicyclic amines) is 1. The molecule has 1 amide bonds. The van der Waals surface area contributed by atoms with E-state index in [0.29, 0.717) is 11.5 Å². The van der Waals surface area contributed by atoms with Crippen molar-refractivity contribution in [1.82, 2.24) is 9.88 Å². The van der Waals surface area contributed by atoms with Crippen LogP contribution in [0.3, 0.4) is 0 Å². The molecule has 116 valence electrons. The molecule has 2 aromatic rings. The zero-order valence-corrected chi connectivity index (χ0v) is 13.2. The molecule has 2 heterocycles. The van der Waals surface area contributed by atoms with E-state index < -0.39 is 0 Å². The zero-order valence-electron chi connectivity index (χ0n) is 13.2. The number of aromatic nitrogens is 1. The van der Waals surface area contributed by atoms with E-state index in [1.54, 1.807) is 0 Å². The number of rotatable bonds is 2. The second kappa shape index (κ2) is 6.05. The van der Waals surface area contributed by atoms with Gasteiger partial charge in [-0.2, -0.15) is 0 Å². The lowest BCUT2D eigenvalue weighted by molar-refractivity contribution is 0.0660. The average Bonchev–Trinajstić information content (AvgIpc) is 2.53. The lowest BCUT2D eigenvalue weighted by atomic mass is 9.91. The van der Waals surface area contributed by atoms with Gasteiger partial charge < -0.3 is 10.6 Å². The smallest absolute Gasteiger partial charge is 0.255 e. The maximum Gasteiger partial charge on any atom is 0.255 e. The van der Waals surface area contributed by atoms with Crippen LogP contribution in [0.15, 0.2) is 30.3 Å². The monoisotopic (exact) mass is 297 g/mol. The molecule has 1 saturated heterocycles. The number of hydrogen-bond donors (Lipinski definition) is 1. The Kier molecular flexibility index (Phi) is 4.12. The van der Waals surface area contributed by atoms with Crippen LogP contribution < -0.4 is 5.73 Å². The quantitative estimate of drug-likeness (QED) is 0.927. The van der Waals surface area contributed by atoms with Crippen molar-refractivity contribution in [2.45, 2.75) is 32.7 Å². The van der Waals surface area contributed by atoms with Crippen LogP contribution >= 0.6 is 0 Å². The molecule has 2 N–H and O–H groups in total. The van der Waals surface area contributed by atoms with Crippen molar-refractivity contribution in [3.63, 3.8) is 0 Å². The number of carbonyl (C=O) groups excluding carboxylic acids is 1.